The van der Waals surface area contributed by atoms with Gasteiger partial charge in [-0.15, -0.1) is 0 Å². The molecular formula is C3H4NO5P. The van der Waals surface area contributed by atoms with Crippen molar-refractivity contribution in [3.63, 3.8) is 0 Å². The highest BCUT2D eigenvalue weighted by Crippen LogP contribution is 2.41. The molecule has 0 aliphatic carbocycles. The monoisotopic (exact) mass is 165 g/mol. The molecule has 1 atom stereocenters. The van der Waals surface area contributed by atoms with Gasteiger partial charge in [-0.1, -0.05) is 0 Å². The molecule has 0 aromatic carbocycles. The second kappa shape index (κ2) is 2.80. The highest BCUT2D eigenvalue weighted by Gasteiger charge is 2.42. The number of nitrogens with zero attached hydrogens (tertiary/aromatic N) is 1. The molecule has 7 heteroatoms. The van der Waals surface area contributed by atoms with Crippen LogP contribution < -0.4 is 0 Å². The predicted molar refractivity (Wildman–Crippen MR) is 30.1 cm³/mol. The number of carboxylic acids is 1. The van der Waals surface area contributed by atoms with Crippen molar-refractivity contribution in [2.45, 2.75) is 5.78 Å². The van der Waals surface area contributed by atoms with E-state index < -0.39 is 19.3 Å². The summed E-state index contributed by atoms with van der Waals surface area (Å²) in [6, 6.07) is 0. The van der Waals surface area contributed by atoms with Gasteiger partial charge < -0.3 is 14.9 Å². The summed E-state index contributed by atoms with van der Waals surface area (Å²) in [7, 11) is -4.79. The van der Waals surface area contributed by atoms with Crippen LogP contribution in [0.4, 0.5) is 0 Å². The molecular weight excluding hydrogens is 161 g/mol. The fourth-order valence-electron chi connectivity index (χ4n) is 0.274. The highest BCUT2D eigenvalue weighted by molar-refractivity contribution is 7.53. The normalized spacial score (nSPS) is 13.7. The zero-order chi connectivity index (χ0) is 8.36. The summed E-state index contributed by atoms with van der Waals surface area (Å²) in [6.07, 6.45) is 0. The largest absolute Gasteiger partial charge is 0.475 e. The van der Waals surface area contributed by atoms with Crippen LogP contribution in [0.15, 0.2) is 0 Å². The first-order valence-electron chi connectivity index (χ1n) is 2.04. The van der Waals surface area contributed by atoms with Crippen LogP contribution in [0.3, 0.4) is 0 Å². The molecule has 0 rings (SSSR count). The molecule has 3 N–H and O–H groups in total. The van der Waals surface area contributed by atoms with Crippen LogP contribution in [-0.4, -0.2) is 26.6 Å². The third kappa shape index (κ3) is 2.15. The van der Waals surface area contributed by atoms with Crippen molar-refractivity contribution < 1.29 is 24.3 Å². The maximum absolute atomic E-state index is 10.1. The SMILES string of the molecule is [C-]#[N+]C(C(=O)O)P(=O)(O)O. The van der Waals surface area contributed by atoms with Gasteiger partial charge in [0.2, 0.25) is 0 Å². The van der Waals surface area contributed by atoms with E-state index in [0.29, 0.717) is 0 Å². The summed E-state index contributed by atoms with van der Waals surface area (Å²) in [5, 5.41) is 8.00. The van der Waals surface area contributed by atoms with Crippen LogP contribution in [0, 0.1) is 6.57 Å². The standard InChI is InChI=1S/C3H4NO5P/c1-4-2(3(5)6)10(7,8)9/h2H,(H,5,6)(H2,7,8,9). The van der Waals surface area contributed by atoms with Gasteiger partial charge in [0.25, 0.3) is 0 Å². The number of carbonyl (C=O) groups is 1. The number of aliphatic carboxylic acids is 1. The number of rotatable bonds is 2. The fraction of sp³-hybridized carbons (Fsp3) is 0.333. The van der Waals surface area contributed by atoms with Gasteiger partial charge in [-0.05, 0) is 0 Å². The summed E-state index contributed by atoms with van der Waals surface area (Å²) in [4.78, 5) is 28.4. The summed E-state index contributed by atoms with van der Waals surface area (Å²) in [6.45, 7) is 6.10. The lowest BCUT2D eigenvalue weighted by Gasteiger charge is -2.00. The highest BCUT2D eigenvalue weighted by atomic mass is 31.2. The zero-order valence-corrected chi connectivity index (χ0v) is 5.52. The number of hydrogen-bond donors (Lipinski definition) is 3. The van der Waals surface area contributed by atoms with E-state index in [1.807, 2.05) is 0 Å². The van der Waals surface area contributed by atoms with Crippen molar-refractivity contribution in [2.75, 3.05) is 0 Å². The first-order chi connectivity index (χ1) is 4.39. The molecule has 0 bridgehead atoms. The van der Waals surface area contributed by atoms with Crippen molar-refractivity contribution in [1.82, 2.24) is 0 Å². The first-order valence-corrected chi connectivity index (χ1v) is 3.72. The Morgan fingerprint density at radius 1 is 1.60 bits per heavy atom. The van der Waals surface area contributed by atoms with Crippen LogP contribution in [0.25, 0.3) is 4.85 Å². The minimum absolute atomic E-state index is 1.80. The third-order valence-corrected chi connectivity index (χ3v) is 1.64. The minimum Gasteiger partial charge on any atom is -0.475 e. The van der Waals surface area contributed by atoms with Crippen LogP contribution in [0.2, 0.25) is 0 Å². The second-order valence-electron chi connectivity index (χ2n) is 1.43. The smallest absolute Gasteiger partial charge is 0.419 e. The molecule has 0 saturated heterocycles. The quantitative estimate of drug-likeness (QED) is 0.378. The van der Waals surface area contributed by atoms with Gasteiger partial charge in [0.05, 0.1) is 0 Å². The Morgan fingerprint density at radius 3 is 2.00 bits per heavy atom. The Bertz CT molecular complexity index is 224. The Balaban J connectivity index is 4.59. The van der Waals surface area contributed by atoms with Gasteiger partial charge in [-0.3, -0.25) is 9.41 Å². The van der Waals surface area contributed by atoms with Crippen LogP contribution in [-0.2, 0) is 9.36 Å². The number of hydrogen-bond acceptors (Lipinski definition) is 2. The molecule has 10 heavy (non-hydrogen) atoms. The van der Waals surface area contributed by atoms with Crippen molar-refractivity contribution in [2.24, 2.45) is 0 Å². The third-order valence-electron chi connectivity index (χ3n) is 0.662. The molecule has 6 nitrogen and oxygen atoms in total. The van der Waals surface area contributed by atoms with E-state index in [-0.39, 0.29) is 0 Å². The van der Waals surface area contributed by atoms with E-state index in [4.69, 9.17) is 21.5 Å². The molecule has 0 aliphatic rings. The Labute approximate surface area is 56.1 Å². The van der Waals surface area contributed by atoms with Crippen molar-refractivity contribution >= 4 is 13.6 Å². The van der Waals surface area contributed by atoms with Gasteiger partial charge in [0, 0.05) is 0 Å². The summed E-state index contributed by atoms with van der Waals surface area (Å²) >= 11 is 0. The van der Waals surface area contributed by atoms with Crippen LogP contribution in [0.5, 0.6) is 0 Å². The maximum atomic E-state index is 10.1. The van der Waals surface area contributed by atoms with Crippen LogP contribution >= 0.6 is 7.60 Å². The average Bonchev–Trinajstić information content (AvgIpc) is 1.60. The van der Waals surface area contributed by atoms with Gasteiger partial charge in [-0.25, -0.2) is 11.4 Å². The molecule has 0 heterocycles. The van der Waals surface area contributed by atoms with E-state index >= 15 is 0 Å². The molecule has 0 radical (unpaired) electrons. The average molecular weight is 165 g/mol. The van der Waals surface area contributed by atoms with Gasteiger partial charge in [0.15, 0.2) is 0 Å². The molecule has 0 fully saturated rings. The lowest BCUT2D eigenvalue weighted by molar-refractivity contribution is -0.135. The first kappa shape index (κ1) is 9.11. The Kier molecular flexibility index (Phi) is 2.55. The molecule has 1 unspecified atom stereocenters. The molecule has 56 valence electrons. The summed E-state index contributed by atoms with van der Waals surface area (Å²) in [5.74, 6) is -4.06. The minimum atomic E-state index is -4.79. The summed E-state index contributed by atoms with van der Waals surface area (Å²) < 4.78 is 10.1. The van der Waals surface area contributed by atoms with Gasteiger partial charge in [0.1, 0.15) is 0 Å². The number of carboxylic acid groups (broad SMARTS) is 1. The van der Waals surface area contributed by atoms with E-state index in [2.05, 4.69) is 4.85 Å². The predicted octanol–water partition coefficient (Wildman–Crippen LogP) is -0.506. The molecule has 0 aromatic heterocycles. The van der Waals surface area contributed by atoms with Crippen molar-refractivity contribution in [3.8, 4) is 0 Å². The van der Waals surface area contributed by atoms with Crippen molar-refractivity contribution in [3.05, 3.63) is 11.4 Å². The molecule has 0 spiro atoms. The van der Waals surface area contributed by atoms with E-state index in [1.54, 1.807) is 0 Å². The second-order valence-corrected chi connectivity index (χ2v) is 3.10. The lowest BCUT2D eigenvalue weighted by atomic mass is 10.7. The molecule has 0 aliphatic heterocycles. The Morgan fingerprint density at radius 2 is 2.00 bits per heavy atom. The van der Waals surface area contributed by atoms with Gasteiger partial charge in [-0.2, -0.15) is 0 Å². The maximum Gasteiger partial charge on any atom is 0.419 e. The molecule has 0 amide bonds. The fourth-order valence-corrected chi connectivity index (χ4v) is 0.712. The topological polar surface area (TPSA) is 99.2 Å². The van der Waals surface area contributed by atoms with E-state index in [9.17, 15) is 9.36 Å². The van der Waals surface area contributed by atoms with Gasteiger partial charge >= 0.3 is 19.3 Å². The van der Waals surface area contributed by atoms with Crippen molar-refractivity contribution in [1.29, 1.82) is 0 Å². The Hall–Kier alpha value is -0.890. The summed E-state index contributed by atoms with van der Waals surface area (Å²) in [5.41, 5.74) is 0. The van der Waals surface area contributed by atoms with E-state index in [1.165, 1.54) is 0 Å². The van der Waals surface area contributed by atoms with Crippen LogP contribution in [0.1, 0.15) is 0 Å². The zero-order valence-electron chi connectivity index (χ0n) is 4.63. The molecule has 0 saturated carbocycles. The lowest BCUT2D eigenvalue weighted by Crippen LogP contribution is -2.15. The molecule has 0 aromatic rings. The van der Waals surface area contributed by atoms with E-state index in [0.717, 1.165) is 0 Å².